The second kappa shape index (κ2) is 9.30. The normalized spacial score (nSPS) is 12.7. The molecule has 0 saturated carbocycles. The summed E-state index contributed by atoms with van der Waals surface area (Å²) in [6.45, 7) is 0. The molecule has 0 aromatic rings. The molecular weight excluding hydrogens is 202 g/mol. The number of carboxylic acid groups (broad SMARTS) is 1. The Kier molecular flexibility index (Phi) is 9.13. The molecule has 0 radical (unpaired) electrons. The van der Waals surface area contributed by atoms with E-state index in [9.17, 15) is 4.79 Å². The smallest absolute Gasteiger partial charge is 0.323 e. The summed E-state index contributed by atoms with van der Waals surface area (Å²) in [4.78, 5) is 10.5. The molecule has 0 unspecified atom stereocenters. The first kappa shape index (κ1) is 13.7. The quantitative estimate of drug-likeness (QED) is 0.408. The number of unbranched alkanes of at least 4 members (excludes halogenated alkanes) is 3. The van der Waals surface area contributed by atoms with E-state index in [4.69, 9.17) is 10.3 Å². The van der Waals surface area contributed by atoms with E-state index in [0.29, 0.717) is 6.42 Å². The molecule has 0 aliphatic heterocycles. The van der Waals surface area contributed by atoms with E-state index >= 15 is 0 Å². The molecule has 0 amide bonds. The summed E-state index contributed by atoms with van der Waals surface area (Å²) in [5.74, 6) is 0.178. The maximum atomic E-state index is 10.5. The minimum atomic E-state index is -0.989. The van der Waals surface area contributed by atoms with Crippen LogP contribution in [-0.4, -0.2) is 34.3 Å². The maximum Gasteiger partial charge on any atom is 0.323 e. The van der Waals surface area contributed by atoms with Gasteiger partial charge in [-0.25, -0.2) is 0 Å². The SMILES string of the molecule is CSCCCCCC[C@H](NO)C(=O)O. The van der Waals surface area contributed by atoms with Gasteiger partial charge in [0.15, 0.2) is 0 Å². The monoisotopic (exact) mass is 221 g/mol. The molecular formula is C9H19NO3S. The number of hydrogen-bond donors (Lipinski definition) is 3. The molecule has 14 heavy (non-hydrogen) atoms. The van der Waals surface area contributed by atoms with Gasteiger partial charge in [0.2, 0.25) is 0 Å². The number of hydrogen-bond acceptors (Lipinski definition) is 4. The van der Waals surface area contributed by atoms with Crippen LogP contribution in [0.1, 0.15) is 32.1 Å². The van der Waals surface area contributed by atoms with Gasteiger partial charge in [-0.2, -0.15) is 17.2 Å². The molecule has 5 heteroatoms. The van der Waals surface area contributed by atoms with Crippen LogP contribution in [-0.2, 0) is 4.79 Å². The number of aliphatic carboxylic acids is 1. The highest BCUT2D eigenvalue weighted by Crippen LogP contribution is 2.08. The van der Waals surface area contributed by atoms with Crippen molar-refractivity contribution in [3.05, 3.63) is 0 Å². The summed E-state index contributed by atoms with van der Waals surface area (Å²) in [7, 11) is 0. The van der Waals surface area contributed by atoms with Gasteiger partial charge in [0.05, 0.1) is 0 Å². The molecule has 0 bridgehead atoms. The predicted molar refractivity (Wildman–Crippen MR) is 57.8 cm³/mol. The summed E-state index contributed by atoms with van der Waals surface area (Å²) >= 11 is 1.83. The van der Waals surface area contributed by atoms with Crippen LogP contribution in [0.4, 0.5) is 0 Å². The topological polar surface area (TPSA) is 69.6 Å². The zero-order chi connectivity index (χ0) is 10.8. The molecule has 0 aliphatic rings. The van der Waals surface area contributed by atoms with E-state index in [0.717, 1.165) is 19.3 Å². The van der Waals surface area contributed by atoms with Crippen molar-refractivity contribution in [2.24, 2.45) is 0 Å². The van der Waals surface area contributed by atoms with Crippen LogP contribution in [0, 0.1) is 0 Å². The van der Waals surface area contributed by atoms with Crippen molar-refractivity contribution in [2.45, 2.75) is 38.1 Å². The minimum absolute atomic E-state index is 0.491. The first-order valence-corrected chi connectivity index (χ1v) is 6.23. The summed E-state index contributed by atoms with van der Waals surface area (Å²) in [5.41, 5.74) is 1.80. The van der Waals surface area contributed by atoms with Gasteiger partial charge >= 0.3 is 5.97 Å². The van der Waals surface area contributed by atoms with Crippen molar-refractivity contribution in [1.29, 1.82) is 0 Å². The van der Waals surface area contributed by atoms with Gasteiger partial charge in [-0.15, -0.1) is 0 Å². The third kappa shape index (κ3) is 7.17. The molecule has 0 spiro atoms. The molecule has 1 atom stereocenters. The molecule has 0 saturated heterocycles. The number of rotatable bonds is 9. The third-order valence-corrected chi connectivity index (χ3v) is 2.74. The Bertz CT molecular complexity index is 155. The Balaban J connectivity index is 3.29. The average Bonchev–Trinajstić information content (AvgIpc) is 2.16. The Morgan fingerprint density at radius 3 is 2.50 bits per heavy atom. The van der Waals surface area contributed by atoms with Gasteiger partial charge in [-0.3, -0.25) is 4.79 Å². The molecule has 0 fully saturated rings. The predicted octanol–water partition coefficient (Wildman–Crippen LogP) is 1.73. The average molecular weight is 221 g/mol. The zero-order valence-corrected chi connectivity index (χ0v) is 9.35. The minimum Gasteiger partial charge on any atom is -0.480 e. The van der Waals surface area contributed by atoms with Crippen molar-refractivity contribution in [1.82, 2.24) is 5.48 Å². The summed E-state index contributed by atoms with van der Waals surface area (Å²) in [6, 6.07) is -0.810. The van der Waals surface area contributed by atoms with Crippen LogP contribution >= 0.6 is 11.8 Å². The van der Waals surface area contributed by atoms with Gasteiger partial charge in [0.1, 0.15) is 6.04 Å². The second-order valence-electron chi connectivity index (χ2n) is 3.22. The summed E-state index contributed by atoms with van der Waals surface area (Å²) < 4.78 is 0. The maximum absolute atomic E-state index is 10.5. The largest absolute Gasteiger partial charge is 0.480 e. The van der Waals surface area contributed by atoms with Gasteiger partial charge in [-0.05, 0) is 24.9 Å². The number of nitrogens with one attached hydrogen (secondary N) is 1. The third-order valence-electron chi connectivity index (χ3n) is 2.05. The highest BCUT2D eigenvalue weighted by atomic mass is 32.2. The van der Waals surface area contributed by atoms with E-state index < -0.39 is 12.0 Å². The lowest BCUT2D eigenvalue weighted by atomic mass is 10.1. The van der Waals surface area contributed by atoms with Gasteiger partial charge < -0.3 is 10.3 Å². The number of carbonyl (C=O) groups is 1. The van der Waals surface area contributed by atoms with E-state index in [1.165, 1.54) is 12.2 Å². The molecule has 3 N–H and O–H groups in total. The highest BCUT2D eigenvalue weighted by molar-refractivity contribution is 7.98. The Morgan fingerprint density at radius 2 is 2.00 bits per heavy atom. The van der Waals surface area contributed by atoms with Crippen molar-refractivity contribution in [3.63, 3.8) is 0 Å². The lowest BCUT2D eigenvalue weighted by Crippen LogP contribution is -2.34. The number of carboxylic acids is 1. The molecule has 84 valence electrons. The lowest BCUT2D eigenvalue weighted by molar-refractivity contribution is -0.142. The van der Waals surface area contributed by atoms with E-state index in [2.05, 4.69) is 6.26 Å². The first-order chi connectivity index (χ1) is 6.72. The van der Waals surface area contributed by atoms with Gasteiger partial charge in [0, 0.05) is 0 Å². The lowest BCUT2D eigenvalue weighted by Gasteiger charge is -2.08. The number of thioether (sulfide) groups is 1. The standard InChI is InChI=1S/C9H19NO3S/c1-14-7-5-3-2-4-6-8(10-13)9(11)12/h8,10,13H,2-7H2,1H3,(H,11,12)/t8-/m0/s1. The van der Waals surface area contributed by atoms with E-state index in [-0.39, 0.29) is 0 Å². The summed E-state index contributed by atoms with van der Waals surface area (Å²) in [6.07, 6.45) is 6.77. The highest BCUT2D eigenvalue weighted by Gasteiger charge is 2.14. The fourth-order valence-electron chi connectivity index (χ4n) is 1.19. The van der Waals surface area contributed by atoms with Gasteiger partial charge in [-0.1, -0.05) is 19.3 Å². The first-order valence-electron chi connectivity index (χ1n) is 4.83. The molecule has 0 aromatic carbocycles. The van der Waals surface area contributed by atoms with Crippen LogP contribution in [0.3, 0.4) is 0 Å². The Morgan fingerprint density at radius 1 is 1.36 bits per heavy atom. The molecule has 0 rings (SSSR count). The Hall–Kier alpha value is -0.260. The van der Waals surface area contributed by atoms with Crippen molar-refractivity contribution in [3.8, 4) is 0 Å². The van der Waals surface area contributed by atoms with Crippen LogP contribution in [0.5, 0.6) is 0 Å². The van der Waals surface area contributed by atoms with Crippen LogP contribution < -0.4 is 5.48 Å². The van der Waals surface area contributed by atoms with E-state index in [1.54, 1.807) is 5.48 Å². The van der Waals surface area contributed by atoms with Crippen molar-refractivity contribution < 1.29 is 15.1 Å². The summed E-state index contributed by atoms with van der Waals surface area (Å²) in [5, 5.41) is 17.1. The van der Waals surface area contributed by atoms with Crippen molar-refractivity contribution >= 4 is 17.7 Å². The fraction of sp³-hybridized carbons (Fsp3) is 0.889. The van der Waals surface area contributed by atoms with Crippen molar-refractivity contribution in [2.75, 3.05) is 12.0 Å². The van der Waals surface area contributed by atoms with Crippen LogP contribution in [0.2, 0.25) is 0 Å². The van der Waals surface area contributed by atoms with Crippen LogP contribution in [0.25, 0.3) is 0 Å². The molecule has 0 aliphatic carbocycles. The molecule has 4 nitrogen and oxygen atoms in total. The van der Waals surface area contributed by atoms with Crippen LogP contribution in [0.15, 0.2) is 0 Å². The fourth-order valence-corrected chi connectivity index (χ4v) is 1.68. The zero-order valence-electron chi connectivity index (χ0n) is 8.53. The Labute approximate surface area is 89.0 Å². The van der Waals surface area contributed by atoms with E-state index in [1.807, 2.05) is 11.8 Å². The molecule has 0 heterocycles. The van der Waals surface area contributed by atoms with Gasteiger partial charge in [0.25, 0.3) is 0 Å². The number of hydroxylamine groups is 1. The molecule has 0 aromatic heterocycles. The second-order valence-corrected chi connectivity index (χ2v) is 4.20.